The van der Waals surface area contributed by atoms with Gasteiger partial charge in [0.2, 0.25) is 11.4 Å². The van der Waals surface area contributed by atoms with Crippen LogP contribution in [0.2, 0.25) is 5.02 Å². The smallest absolute Gasteiger partial charge is 0.253 e. The maximum atomic E-state index is 12.2. The summed E-state index contributed by atoms with van der Waals surface area (Å²) in [4.78, 5) is 30.3. The summed E-state index contributed by atoms with van der Waals surface area (Å²) in [5.41, 5.74) is 0.761. The number of pyridine rings is 2. The zero-order chi connectivity index (χ0) is 17.6. The first kappa shape index (κ1) is 17.5. The number of H-pyrrole nitrogens is 1. The molecule has 1 saturated carbocycles. The van der Waals surface area contributed by atoms with E-state index >= 15 is 0 Å². The third-order valence-electron chi connectivity index (χ3n) is 4.17. The molecule has 1 aliphatic carbocycles. The molecule has 132 valence electrons. The Balaban J connectivity index is 1.61. The molecule has 3 rings (SSSR count). The van der Waals surface area contributed by atoms with Gasteiger partial charge in [0.1, 0.15) is 11.1 Å². The molecule has 0 aliphatic heterocycles. The highest BCUT2D eigenvalue weighted by molar-refractivity contribution is 6.32. The number of rotatable bonds is 5. The van der Waals surface area contributed by atoms with Crippen LogP contribution < -0.4 is 15.6 Å². The van der Waals surface area contributed by atoms with E-state index in [-0.39, 0.29) is 24.1 Å². The maximum Gasteiger partial charge on any atom is 0.253 e. The Labute approximate surface area is 150 Å². The minimum absolute atomic E-state index is 0.147. The van der Waals surface area contributed by atoms with Gasteiger partial charge >= 0.3 is 0 Å². The second kappa shape index (κ2) is 8.16. The Bertz CT molecular complexity index is 800. The highest BCUT2D eigenvalue weighted by Crippen LogP contribution is 2.27. The van der Waals surface area contributed by atoms with Crippen LogP contribution in [-0.2, 0) is 6.54 Å². The van der Waals surface area contributed by atoms with Gasteiger partial charge in [0.25, 0.3) is 5.91 Å². The summed E-state index contributed by atoms with van der Waals surface area (Å²) >= 11 is 6.22. The highest BCUT2D eigenvalue weighted by atomic mass is 35.5. The normalized spacial score (nSPS) is 14.9. The Morgan fingerprint density at radius 2 is 2.12 bits per heavy atom. The monoisotopic (exact) mass is 361 g/mol. The Hall–Kier alpha value is -2.34. The fourth-order valence-corrected chi connectivity index (χ4v) is 3.06. The van der Waals surface area contributed by atoms with Crippen LogP contribution in [0.4, 0.5) is 0 Å². The summed E-state index contributed by atoms with van der Waals surface area (Å²) < 4.78 is 5.85. The topological polar surface area (TPSA) is 84.1 Å². The van der Waals surface area contributed by atoms with Crippen LogP contribution in [0.25, 0.3) is 0 Å². The highest BCUT2D eigenvalue weighted by Gasteiger charge is 2.18. The van der Waals surface area contributed by atoms with E-state index in [4.69, 9.17) is 16.3 Å². The summed E-state index contributed by atoms with van der Waals surface area (Å²) in [5, 5.41) is 3.05. The van der Waals surface area contributed by atoms with Crippen molar-refractivity contribution in [3.05, 3.63) is 57.1 Å². The van der Waals surface area contributed by atoms with E-state index in [1.807, 2.05) is 0 Å². The molecule has 1 fully saturated rings. The number of aromatic nitrogens is 2. The maximum absolute atomic E-state index is 12.2. The fraction of sp³-hybridized carbons (Fsp3) is 0.389. The van der Waals surface area contributed by atoms with Gasteiger partial charge in [-0.25, -0.2) is 4.98 Å². The lowest BCUT2D eigenvalue weighted by Crippen LogP contribution is -2.25. The SMILES string of the molecule is O=C(NCc1cccc(=O)[nH]1)c1cnc(OC2CCCCC2)c(Cl)c1. The molecule has 7 heteroatoms. The van der Waals surface area contributed by atoms with Gasteiger partial charge in [0.05, 0.1) is 12.1 Å². The quantitative estimate of drug-likeness (QED) is 0.857. The zero-order valence-electron chi connectivity index (χ0n) is 13.8. The lowest BCUT2D eigenvalue weighted by atomic mass is 9.98. The van der Waals surface area contributed by atoms with Crippen molar-refractivity contribution < 1.29 is 9.53 Å². The predicted octanol–water partition coefficient (Wildman–Crippen LogP) is 3.06. The van der Waals surface area contributed by atoms with Crippen LogP contribution in [0.15, 0.2) is 35.3 Å². The van der Waals surface area contributed by atoms with Gasteiger partial charge in [-0.05, 0) is 37.8 Å². The van der Waals surface area contributed by atoms with Crippen molar-refractivity contribution in [3.8, 4) is 5.88 Å². The summed E-state index contributed by atoms with van der Waals surface area (Å²) in [6.45, 7) is 0.215. The molecule has 1 aliphatic rings. The molecule has 6 nitrogen and oxygen atoms in total. The molecule has 0 radical (unpaired) electrons. The van der Waals surface area contributed by atoms with E-state index < -0.39 is 0 Å². The molecule has 2 heterocycles. The van der Waals surface area contributed by atoms with Gasteiger partial charge in [-0.1, -0.05) is 24.1 Å². The van der Waals surface area contributed by atoms with Crippen molar-refractivity contribution in [3.63, 3.8) is 0 Å². The average Bonchev–Trinajstić information content (AvgIpc) is 2.62. The van der Waals surface area contributed by atoms with Crippen LogP contribution in [0.5, 0.6) is 5.88 Å². The number of nitrogens with one attached hydrogen (secondary N) is 2. The minimum Gasteiger partial charge on any atom is -0.473 e. The van der Waals surface area contributed by atoms with Crippen LogP contribution >= 0.6 is 11.6 Å². The number of carbonyl (C=O) groups is 1. The minimum atomic E-state index is -0.316. The number of hydrogen-bond acceptors (Lipinski definition) is 4. The standard InChI is InChI=1S/C18H20ClN3O3/c19-15-9-12(10-21-18(15)25-14-6-2-1-3-7-14)17(24)20-11-13-5-4-8-16(23)22-13/h4-5,8-10,14H,1-3,6-7,11H2,(H,20,24)(H,22,23). The Kier molecular flexibility index (Phi) is 5.71. The van der Waals surface area contributed by atoms with E-state index in [0.717, 1.165) is 25.7 Å². The molecule has 0 saturated heterocycles. The number of amides is 1. The van der Waals surface area contributed by atoms with Crippen molar-refractivity contribution >= 4 is 17.5 Å². The zero-order valence-corrected chi connectivity index (χ0v) is 14.5. The molecule has 0 aromatic carbocycles. The third kappa shape index (κ3) is 4.82. The van der Waals surface area contributed by atoms with Gasteiger partial charge in [-0.15, -0.1) is 0 Å². The molecule has 0 bridgehead atoms. The first-order valence-electron chi connectivity index (χ1n) is 8.40. The first-order chi connectivity index (χ1) is 12.1. The molecule has 0 spiro atoms. The van der Waals surface area contributed by atoms with Gasteiger partial charge in [0, 0.05) is 18.0 Å². The lowest BCUT2D eigenvalue weighted by Gasteiger charge is -2.22. The number of carbonyl (C=O) groups excluding carboxylic acids is 1. The number of nitrogens with zero attached hydrogens (tertiary/aromatic N) is 1. The van der Waals surface area contributed by atoms with Crippen LogP contribution in [-0.4, -0.2) is 22.0 Å². The summed E-state index contributed by atoms with van der Waals surface area (Å²) in [6, 6.07) is 6.33. The molecule has 1 amide bonds. The van der Waals surface area contributed by atoms with E-state index in [0.29, 0.717) is 22.2 Å². The van der Waals surface area contributed by atoms with E-state index in [9.17, 15) is 9.59 Å². The van der Waals surface area contributed by atoms with E-state index in [1.54, 1.807) is 18.2 Å². The van der Waals surface area contributed by atoms with E-state index in [1.165, 1.54) is 18.7 Å². The molecular weight excluding hydrogens is 342 g/mol. The Morgan fingerprint density at radius 3 is 2.84 bits per heavy atom. The molecule has 2 aromatic rings. The van der Waals surface area contributed by atoms with Gasteiger partial charge in [0.15, 0.2) is 0 Å². The molecule has 2 aromatic heterocycles. The van der Waals surface area contributed by atoms with Crippen molar-refractivity contribution in [1.82, 2.24) is 15.3 Å². The van der Waals surface area contributed by atoms with Crippen LogP contribution in [0.1, 0.15) is 48.2 Å². The van der Waals surface area contributed by atoms with Crippen LogP contribution in [0.3, 0.4) is 0 Å². The van der Waals surface area contributed by atoms with Crippen molar-refractivity contribution in [1.29, 1.82) is 0 Å². The van der Waals surface area contributed by atoms with Crippen molar-refractivity contribution in [2.24, 2.45) is 0 Å². The van der Waals surface area contributed by atoms with Gasteiger partial charge in [-0.2, -0.15) is 0 Å². The van der Waals surface area contributed by atoms with Crippen LogP contribution in [0, 0.1) is 0 Å². The first-order valence-corrected chi connectivity index (χ1v) is 8.78. The van der Waals surface area contributed by atoms with Gasteiger partial charge < -0.3 is 15.0 Å². The second-order valence-corrected chi connectivity index (χ2v) is 6.52. The average molecular weight is 362 g/mol. The molecule has 25 heavy (non-hydrogen) atoms. The predicted molar refractivity (Wildman–Crippen MR) is 95.0 cm³/mol. The number of aromatic amines is 1. The third-order valence-corrected chi connectivity index (χ3v) is 4.44. The fourth-order valence-electron chi connectivity index (χ4n) is 2.85. The molecular formula is C18H20ClN3O3. The van der Waals surface area contributed by atoms with E-state index in [2.05, 4.69) is 15.3 Å². The number of hydrogen-bond donors (Lipinski definition) is 2. The number of halogens is 1. The summed E-state index contributed by atoms with van der Waals surface area (Å²) in [6.07, 6.45) is 7.17. The molecule has 0 atom stereocenters. The molecule has 0 unspecified atom stereocenters. The largest absolute Gasteiger partial charge is 0.473 e. The summed E-state index contributed by atoms with van der Waals surface area (Å²) in [7, 11) is 0. The van der Waals surface area contributed by atoms with Crippen molar-refractivity contribution in [2.75, 3.05) is 0 Å². The number of ether oxygens (including phenoxy) is 1. The molecule has 2 N–H and O–H groups in total. The van der Waals surface area contributed by atoms with Crippen molar-refractivity contribution in [2.45, 2.75) is 44.8 Å². The second-order valence-electron chi connectivity index (χ2n) is 6.11. The summed E-state index contributed by atoms with van der Waals surface area (Å²) in [5.74, 6) is 0.0563. The lowest BCUT2D eigenvalue weighted by molar-refractivity contribution is 0.0949. The Morgan fingerprint density at radius 1 is 1.32 bits per heavy atom. The van der Waals surface area contributed by atoms with Gasteiger partial charge in [-0.3, -0.25) is 9.59 Å².